The van der Waals surface area contributed by atoms with Gasteiger partial charge in [-0.1, -0.05) is 18.2 Å². The molecule has 2 heterocycles. The molecule has 1 aliphatic rings. The number of halogens is 5. The first kappa shape index (κ1) is 24.7. The van der Waals surface area contributed by atoms with Crippen LogP contribution < -0.4 is 26.4 Å². The van der Waals surface area contributed by atoms with Crippen molar-refractivity contribution >= 4 is 23.3 Å². The zero-order valence-corrected chi connectivity index (χ0v) is 18.9. The van der Waals surface area contributed by atoms with E-state index in [0.717, 1.165) is 6.07 Å². The molecular weight excluding hydrogens is 445 g/mol. The second kappa shape index (κ2) is 9.16. The van der Waals surface area contributed by atoms with Crippen LogP contribution in [0.2, 0.25) is 0 Å². The van der Waals surface area contributed by atoms with Crippen LogP contribution in [0.15, 0.2) is 24.3 Å². The van der Waals surface area contributed by atoms with E-state index in [9.17, 15) is 22.0 Å². The molecule has 2 aromatic rings. The van der Waals surface area contributed by atoms with E-state index in [1.54, 1.807) is 7.05 Å². The van der Waals surface area contributed by atoms with Gasteiger partial charge >= 0.3 is 6.18 Å². The maximum Gasteiger partial charge on any atom is 0.416 e. The Bertz CT molecular complexity index is 972. The number of benzene rings is 1. The molecule has 1 aliphatic heterocycles. The van der Waals surface area contributed by atoms with Crippen LogP contribution in [0.4, 0.5) is 45.2 Å². The quantitative estimate of drug-likeness (QED) is 0.343. The summed E-state index contributed by atoms with van der Waals surface area (Å²) in [7, 11) is 1.58. The van der Waals surface area contributed by atoms with Gasteiger partial charge < -0.3 is 21.0 Å². The first-order valence-electron chi connectivity index (χ1n) is 10.4. The summed E-state index contributed by atoms with van der Waals surface area (Å²) in [6.45, 7) is 5.02. The monoisotopic (exact) mass is 473 g/mol. The Morgan fingerprint density at radius 3 is 2.36 bits per heavy atom. The van der Waals surface area contributed by atoms with Crippen LogP contribution in [0.5, 0.6) is 0 Å². The Hall–Kier alpha value is -2.89. The molecule has 1 aromatic carbocycles. The fraction of sp³-hybridized carbons (Fsp3) is 0.524. The summed E-state index contributed by atoms with van der Waals surface area (Å²) in [6.07, 6.45) is -4.83. The van der Waals surface area contributed by atoms with Crippen molar-refractivity contribution in [3.8, 4) is 0 Å². The van der Waals surface area contributed by atoms with E-state index < -0.39 is 29.7 Å². The van der Waals surface area contributed by atoms with Crippen molar-refractivity contribution in [2.45, 2.75) is 51.4 Å². The van der Waals surface area contributed by atoms with E-state index in [-0.39, 0.29) is 48.3 Å². The van der Waals surface area contributed by atoms with Gasteiger partial charge in [-0.2, -0.15) is 23.1 Å². The molecule has 0 spiro atoms. The van der Waals surface area contributed by atoms with Gasteiger partial charge in [0.2, 0.25) is 5.95 Å². The van der Waals surface area contributed by atoms with Gasteiger partial charge in [-0.15, -0.1) is 0 Å². The number of hydrogen-bond donors (Lipinski definition) is 4. The molecular formula is C21H28F5N7. The number of aromatic nitrogens is 2. The van der Waals surface area contributed by atoms with Gasteiger partial charge in [0.15, 0.2) is 11.6 Å². The zero-order valence-electron chi connectivity index (χ0n) is 18.9. The van der Waals surface area contributed by atoms with Crippen molar-refractivity contribution < 1.29 is 22.0 Å². The molecule has 12 heteroatoms. The minimum absolute atomic E-state index is 0.0265. The third kappa shape index (κ3) is 6.34. The third-order valence-electron chi connectivity index (χ3n) is 4.86. The van der Waals surface area contributed by atoms with Crippen LogP contribution in [0, 0.1) is 0 Å². The second-order valence-electron chi connectivity index (χ2n) is 8.88. The maximum absolute atomic E-state index is 13.9. The summed E-state index contributed by atoms with van der Waals surface area (Å²) in [5, 5.41) is 6.03. The molecule has 182 valence electrons. The van der Waals surface area contributed by atoms with Crippen LogP contribution >= 0.6 is 0 Å². The molecule has 1 aromatic heterocycles. The molecule has 33 heavy (non-hydrogen) atoms. The SMILES string of the molecule is CNNc1c(NCc2ccccc2C(F)(F)F)nc(NC(C)(C)C)nc1N1CCC(F)(F)C1. The summed E-state index contributed by atoms with van der Waals surface area (Å²) in [5.74, 6) is -2.30. The maximum atomic E-state index is 13.9. The predicted molar refractivity (Wildman–Crippen MR) is 119 cm³/mol. The first-order valence-corrected chi connectivity index (χ1v) is 10.4. The van der Waals surface area contributed by atoms with E-state index in [0.29, 0.717) is 0 Å². The molecule has 0 atom stereocenters. The Kier molecular flexibility index (Phi) is 6.87. The Labute approximate surface area is 189 Å². The molecule has 0 radical (unpaired) electrons. The molecule has 1 saturated heterocycles. The van der Waals surface area contributed by atoms with Gasteiger partial charge in [-0.3, -0.25) is 0 Å². The van der Waals surface area contributed by atoms with E-state index in [2.05, 4.69) is 31.5 Å². The fourth-order valence-electron chi connectivity index (χ4n) is 3.48. The molecule has 3 rings (SSSR count). The van der Waals surface area contributed by atoms with Gasteiger partial charge in [-0.25, -0.2) is 14.2 Å². The molecule has 4 N–H and O–H groups in total. The first-order chi connectivity index (χ1) is 15.3. The highest BCUT2D eigenvalue weighted by atomic mass is 19.4. The average Bonchev–Trinajstić information content (AvgIpc) is 3.05. The number of nitrogens with zero attached hydrogens (tertiary/aromatic N) is 3. The van der Waals surface area contributed by atoms with Crippen LogP contribution in [0.3, 0.4) is 0 Å². The van der Waals surface area contributed by atoms with E-state index >= 15 is 0 Å². The number of anilines is 4. The van der Waals surface area contributed by atoms with Gasteiger partial charge in [0.05, 0.1) is 12.1 Å². The topological polar surface area (TPSA) is 77.1 Å². The number of alkyl halides is 5. The number of hydrogen-bond acceptors (Lipinski definition) is 7. The average molecular weight is 473 g/mol. The molecule has 1 fully saturated rings. The van der Waals surface area contributed by atoms with Crippen LogP contribution in [0.25, 0.3) is 0 Å². The van der Waals surface area contributed by atoms with E-state index in [1.165, 1.54) is 23.1 Å². The van der Waals surface area contributed by atoms with Crippen molar-refractivity contribution in [3.63, 3.8) is 0 Å². The van der Waals surface area contributed by atoms with Crippen molar-refractivity contribution in [2.75, 3.05) is 41.1 Å². The highest BCUT2D eigenvalue weighted by Crippen LogP contribution is 2.38. The zero-order chi connectivity index (χ0) is 24.4. The van der Waals surface area contributed by atoms with Gasteiger partial charge in [0.25, 0.3) is 5.92 Å². The summed E-state index contributed by atoms with van der Waals surface area (Å²) in [4.78, 5) is 10.3. The van der Waals surface area contributed by atoms with Crippen LogP contribution in [-0.4, -0.2) is 41.6 Å². The lowest BCUT2D eigenvalue weighted by atomic mass is 10.1. The minimum atomic E-state index is -4.51. The summed E-state index contributed by atoms with van der Waals surface area (Å²) >= 11 is 0. The lowest BCUT2D eigenvalue weighted by molar-refractivity contribution is -0.138. The van der Waals surface area contributed by atoms with Gasteiger partial charge in [-0.05, 0) is 32.4 Å². The highest BCUT2D eigenvalue weighted by molar-refractivity contribution is 5.79. The Morgan fingerprint density at radius 1 is 1.09 bits per heavy atom. The summed E-state index contributed by atoms with van der Waals surface area (Å²) in [6, 6.07) is 5.22. The van der Waals surface area contributed by atoms with E-state index in [4.69, 9.17) is 0 Å². The molecule has 0 aliphatic carbocycles. The number of hydrazine groups is 1. The largest absolute Gasteiger partial charge is 0.416 e. The summed E-state index contributed by atoms with van der Waals surface area (Å²) < 4.78 is 68.1. The van der Waals surface area contributed by atoms with Crippen LogP contribution in [0.1, 0.15) is 38.3 Å². The lowest BCUT2D eigenvalue weighted by Crippen LogP contribution is -2.31. The molecule has 0 unspecified atom stereocenters. The molecule has 7 nitrogen and oxygen atoms in total. The van der Waals surface area contributed by atoms with Gasteiger partial charge in [0, 0.05) is 32.1 Å². The minimum Gasteiger partial charge on any atom is -0.364 e. The Morgan fingerprint density at radius 2 is 1.79 bits per heavy atom. The Balaban J connectivity index is 2.02. The molecule has 0 saturated carbocycles. The van der Waals surface area contributed by atoms with Crippen molar-refractivity contribution in [3.05, 3.63) is 35.4 Å². The third-order valence-corrected chi connectivity index (χ3v) is 4.86. The van der Waals surface area contributed by atoms with Gasteiger partial charge in [0.1, 0.15) is 5.69 Å². The number of rotatable bonds is 7. The lowest BCUT2D eigenvalue weighted by Gasteiger charge is -2.26. The summed E-state index contributed by atoms with van der Waals surface area (Å²) in [5.41, 5.74) is 4.66. The second-order valence-corrected chi connectivity index (χ2v) is 8.88. The smallest absolute Gasteiger partial charge is 0.364 e. The van der Waals surface area contributed by atoms with Crippen molar-refractivity contribution in [2.24, 2.45) is 0 Å². The number of nitrogens with one attached hydrogen (secondary N) is 4. The standard InChI is InChI=1S/C21H28F5N7/c1-19(2,3)31-18-29-16(28-11-13-7-5-6-8-14(13)21(24,25)26)15(32-27-4)17(30-18)33-10-9-20(22,23)12-33/h5-8,27,32H,9-12H2,1-4H3,(H2,28,29,30,31). The molecule has 0 bridgehead atoms. The van der Waals surface area contributed by atoms with Crippen molar-refractivity contribution in [1.82, 2.24) is 15.4 Å². The normalized spacial score (nSPS) is 16.1. The predicted octanol–water partition coefficient (Wildman–Crippen LogP) is 4.71. The fourth-order valence-corrected chi connectivity index (χ4v) is 3.48. The van der Waals surface area contributed by atoms with Crippen LogP contribution in [-0.2, 0) is 12.7 Å². The van der Waals surface area contributed by atoms with Crippen molar-refractivity contribution in [1.29, 1.82) is 0 Å². The highest BCUT2D eigenvalue weighted by Gasteiger charge is 2.40. The van der Waals surface area contributed by atoms with E-state index in [1.807, 2.05) is 20.8 Å². The molecule has 0 amide bonds.